The Morgan fingerprint density at radius 3 is 2.36 bits per heavy atom. The Labute approximate surface area is 128 Å². The van der Waals surface area contributed by atoms with Crippen molar-refractivity contribution in [2.45, 2.75) is 0 Å². The van der Waals surface area contributed by atoms with Gasteiger partial charge in [0.05, 0.1) is 4.92 Å². The van der Waals surface area contributed by atoms with E-state index in [0.717, 1.165) is 5.56 Å². The van der Waals surface area contributed by atoms with Gasteiger partial charge in [0.2, 0.25) is 0 Å². The maximum atomic E-state index is 12.4. The smallest absolute Gasteiger partial charge is 0.270 e. The highest BCUT2D eigenvalue weighted by atomic mass is 16.6. The van der Waals surface area contributed by atoms with Crippen LogP contribution in [-0.4, -0.2) is 29.8 Å². The minimum Gasteiger partial charge on any atom is -0.345 e. The zero-order valence-corrected chi connectivity index (χ0v) is 12.4. The molecule has 5 heteroatoms. The maximum Gasteiger partial charge on any atom is 0.270 e. The Balaban J connectivity index is 2.51. The van der Waals surface area contributed by atoms with Gasteiger partial charge in [-0.05, 0) is 17.2 Å². The summed E-state index contributed by atoms with van der Waals surface area (Å²) in [5.74, 6) is -0.155. The third kappa shape index (κ3) is 3.58. The Kier molecular flexibility index (Phi) is 4.68. The zero-order chi connectivity index (χ0) is 16.1. The molecule has 0 aliphatic rings. The van der Waals surface area contributed by atoms with Crippen molar-refractivity contribution >= 4 is 23.2 Å². The maximum absolute atomic E-state index is 12.4. The van der Waals surface area contributed by atoms with Gasteiger partial charge in [-0.2, -0.15) is 0 Å². The molecule has 0 radical (unpaired) electrons. The second-order valence-corrected chi connectivity index (χ2v) is 4.98. The molecule has 0 spiro atoms. The van der Waals surface area contributed by atoms with Gasteiger partial charge >= 0.3 is 0 Å². The van der Waals surface area contributed by atoms with E-state index in [4.69, 9.17) is 0 Å². The van der Waals surface area contributed by atoms with E-state index in [-0.39, 0.29) is 11.6 Å². The van der Waals surface area contributed by atoms with Crippen molar-refractivity contribution < 1.29 is 9.72 Å². The number of likely N-dealkylation sites (N-methyl/N-ethyl adjacent to an activating group) is 1. The van der Waals surface area contributed by atoms with E-state index in [1.54, 1.807) is 32.3 Å². The summed E-state index contributed by atoms with van der Waals surface area (Å²) in [4.78, 5) is 24.3. The molecule has 2 rings (SSSR count). The van der Waals surface area contributed by atoms with Gasteiger partial charge in [-0.1, -0.05) is 42.5 Å². The van der Waals surface area contributed by atoms with Crippen LogP contribution in [0.4, 0.5) is 5.69 Å². The number of nitro groups is 1. The fraction of sp³-hybridized carbons (Fsp3) is 0.118. The lowest BCUT2D eigenvalue weighted by molar-refractivity contribution is -0.384. The van der Waals surface area contributed by atoms with Crippen LogP contribution in [0, 0.1) is 10.1 Å². The third-order valence-electron chi connectivity index (χ3n) is 3.11. The first kappa shape index (κ1) is 15.4. The zero-order valence-electron chi connectivity index (χ0n) is 12.4. The van der Waals surface area contributed by atoms with E-state index >= 15 is 0 Å². The van der Waals surface area contributed by atoms with Crippen LogP contribution in [0.1, 0.15) is 11.1 Å². The van der Waals surface area contributed by atoms with E-state index in [0.29, 0.717) is 11.1 Å². The van der Waals surface area contributed by atoms with E-state index in [2.05, 4.69) is 0 Å². The van der Waals surface area contributed by atoms with Crippen LogP contribution >= 0.6 is 0 Å². The van der Waals surface area contributed by atoms with Crippen molar-refractivity contribution in [3.05, 3.63) is 75.8 Å². The Hall–Kier alpha value is -2.95. The summed E-state index contributed by atoms with van der Waals surface area (Å²) < 4.78 is 0. The van der Waals surface area contributed by atoms with Crippen molar-refractivity contribution in [1.29, 1.82) is 0 Å². The first-order valence-corrected chi connectivity index (χ1v) is 6.72. The lowest BCUT2D eigenvalue weighted by Crippen LogP contribution is -2.22. The van der Waals surface area contributed by atoms with Crippen molar-refractivity contribution in [3.63, 3.8) is 0 Å². The molecule has 1 amide bonds. The Bertz CT molecular complexity index is 722. The molecule has 0 unspecified atom stereocenters. The molecule has 0 aromatic heterocycles. The van der Waals surface area contributed by atoms with Gasteiger partial charge < -0.3 is 4.90 Å². The first-order valence-electron chi connectivity index (χ1n) is 6.72. The molecule has 0 saturated carbocycles. The molecule has 112 valence electrons. The lowest BCUT2D eigenvalue weighted by Gasteiger charge is -2.14. The number of nitrogens with zero attached hydrogens (tertiary/aromatic N) is 2. The number of non-ortho nitro benzene ring substituents is 1. The van der Waals surface area contributed by atoms with E-state index in [9.17, 15) is 14.9 Å². The SMILES string of the molecule is CN(C)C(=O)/C(=C/c1cccc([N+](=O)[O-])c1)c1ccccc1. The molecule has 2 aromatic rings. The van der Waals surface area contributed by atoms with Gasteiger partial charge in [0.25, 0.3) is 11.6 Å². The van der Waals surface area contributed by atoms with Crippen LogP contribution in [-0.2, 0) is 4.79 Å². The van der Waals surface area contributed by atoms with Crippen molar-refractivity contribution in [1.82, 2.24) is 4.90 Å². The van der Waals surface area contributed by atoms with Crippen LogP contribution in [0.25, 0.3) is 11.6 Å². The van der Waals surface area contributed by atoms with Crippen molar-refractivity contribution in [2.24, 2.45) is 0 Å². The predicted octanol–water partition coefficient (Wildman–Crippen LogP) is 3.22. The van der Waals surface area contributed by atoms with Crippen LogP contribution in [0.2, 0.25) is 0 Å². The molecule has 2 aromatic carbocycles. The van der Waals surface area contributed by atoms with E-state index in [1.165, 1.54) is 17.0 Å². The summed E-state index contributed by atoms with van der Waals surface area (Å²) in [6, 6.07) is 15.5. The summed E-state index contributed by atoms with van der Waals surface area (Å²) in [6.45, 7) is 0. The highest BCUT2D eigenvalue weighted by molar-refractivity contribution is 6.24. The molecule has 0 aliphatic heterocycles. The predicted molar refractivity (Wildman–Crippen MR) is 86.1 cm³/mol. The monoisotopic (exact) mass is 296 g/mol. The standard InChI is InChI=1S/C17H16N2O3/c1-18(2)17(20)16(14-8-4-3-5-9-14)12-13-7-6-10-15(11-13)19(21)22/h3-12H,1-2H3/b16-12+. The second-order valence-electron chi connectivity index (χ2n) is 4.98. The summed E-state index contributed by atoms with van der Waals surface area (Å²) in [6.07, 6.45) is 1.67. The van der Waals surface area contributed by atoms with E-state index < -0.39 is 4.92 Å². The van der Waals surface area contributed by atoms with Gasteiger partial charge in [-0.3, -0.25) is 14.9 Å². The molecular formula is C17H16N2O3. The highest BCUT2D eigenvalue weighted by Gasteiger charge is 2.14. The van der Waals surface area contributed by atoms with Crippen LogP contribution in [0.15, 0.2) is 54.6 Å². The van der Waals surface area contributed by atoms with Gasteiger partial charge in [0.1, 0.15) is 0 Å². The van der Waals surface area contributed by atoms with Crippen LogP contribution in [0.3, 0.4) is 0 Å². The minimum atomic E-state index is -0.451. The van der Waals surface area contributed by atoms with E-state index in [1.807, 2.05) is 30.3 Å². The van der Waals surface area contributed by atoms with Gasteiger partial charge in [-0.25, -0.2) is 0 Å². The number of carbonyl (C=O) groups is 1. The number of benzene rings is 2. The normalized spacial score (nSPS) is 11.1. The minimum absolute atomic E-state index is 0.00142. The molecule has 0 aliphatic carbocycles. The summed E-state index contributed by atoms with van der Waals surface area (Å²) in [5, 5.41) is 10.9. The largest absolute Gasteiger partial charge is 0.345 e. The molecule has 0 atom stereocenters. The average molecular weight is 296 g/mol. The third-order valence-corrected chi connectivity index (χ3v) is 3.11. The number of hydrogen-bond acceptors (Lipinski definition) is 3. The Morgan fingerprint density at radius 2 is 1.77 bits per heavy atom. The molecule has 0 saturated heterocycles. The number of rotatable bonds is 4. The molecule has 0 fully saturated rings. The second kappa shape index (κ2) is 6.67. The average Bonchev–Trinajstić information content (AvgIpc) is 2.53. The number of hydrogen-bond donors (Lipinski definition) is 0. The van der Waals surface area contributed by atoms with Crippen LogP contribution in [0.5, 0.6) is 0 Å². The topological polar surface area (TPSA) is 63.5 Å². The number of nitro benzene ring substituents is 1. The number of amides is 1. The molecule has 0 heterocycles. The van der Waals surface area contributed by atoms with Gasteiger partial charge in [0.15, 0.2) is 0 Å². The summed E-state index contributed by atoms with van der Waals surface area (Å²) in [5.41, 5.74) is 1.88. The van der Waals surface area contributed by atoms with Crippen molar-refractivity contribution in [3.8, 4) is 0 Å². The fourth-order valence-electron chi connectivity index (χ4n) is 2.02. The number of carbonyl (C=O) groups excluding carboxylic acids is 1. The summed E-state index contributed by atoms with van der Waals surface area (Å²) in [7, 11) is 3.35. The molecule has 0 bridgehead atoms. The highest BCUT2D eigenvalue weighted by Crippen LogP contribution is 2.22. The van der Waals surface area contributed by atoms with Gasteiger partial charge in [0, 0.05) is 31.8 Å². The Morgan fingerprint density at radius 1 is 1.09 bits per heavy atom. The quantitative estimate of drug-likeness (QED) is 0.376. The molecule has 0 N–H and O–H groups in total. The van der Waals surface area contributed by atoms with Crippen molar-refractivity contribution in [2.75, 3.05) is 14.1 Å². The lowest BCUT2D eigenvalue weighted by atomic mass is 10.0. The fourth-order valence-corrected chi connectivity index (χ4v) is 2.02. The first-order chi connectivity index (χ1) is 10.5. The molecular weight excluding hydrogens is 280 g/mol. The molecule has 5 nitrogen and oxygen atoms in total. The summed E-state index contributed by atoms with van der Waals surface area (Å²) >= 11 is 0. The van der Waals surface area contributed by atoms with Gasteiger partial charge in [-0.15, -0.1) is 0 Å². The van der Waals surface area contributed by atoms with Crippen LogP contribution < -0.4 is 0 Å². The molecule has 22 heavy (non-hydrogen) atoms.